The van der Waals surface area contributed by atoms with E-state index in [0.717, 1.165) is 0 Å². The van der Waals surface area contributed by atoms with Crippen LogP contribution in [-0.4, -0.2) is 40.0 Å². The van der Waals surface area contributed by atoms with E-state index in [1.165, 1.54) is 12.1 Å². The van der Waals surface area contributed by atoms with Gasteiger partial charge in [-0.25, -0.2) is 4.79 Å². The highest BCUT2D eigenvalue weighted by Crippen LogP contribution is 2.56. The van der Waals surface area contributed by atoms with Gasteiger partial charge in [0, 0.05) is 17.1 Å². The maximum Gasteiger partial charge on any atom is 0.326 e. The van der Waals surface area contributed by atoms with Gasteiger partial charge in [-0.1, -0.05) is 67.7 Å². The number of rotatable bonds is 8. The molecule has 0 saturated heterocycles. The van der Waals surface area contributed by atoms with Crippen molar-refractivity contribution >= 4 is 64.2 Å². The molecule has 0 spiro atoms. The molecule has 2 aromatic rings. The molecule has 1 saturated carbocycles. The van der Waals surface area contributed by atoms with Gasteiger partial charge in [-0.3, -0.25) is 14.4 Å². The van der Waals surface area contributed by atoms with Crippen LogP contribution in [0.5, 0.6) is 0 Å². The van der Waals surface area contributed by atoms with Crippen LogP contribution in [-0.2, 0) is 20.8 Å². The number of halogens is 3. The first-order valence-corrected chi connectivity index (χ1v) is 12.7. The zero-order valence-corrected chi connectivity index (χ0v) is 22.7. The van der Waals surface area contributed by atoms with Gasteiger partial charge in [-0.2, -0.15) is 0 Å². The summed E-state index contributed by atoms with van der Waals surface area (Å²) in [5.41, 5.74) is -1.57. The number of carbonyl (C=O) groups is 4. The van der Waals surface area contributed by atoms with Gasteiger partial charge in [0.2, 0.25) is 5.91 Å². The van der Waals surface area contributed by atoms with Crippen molar-refractivity contribution in [2.45, 2.75) is 46.1 Å². The van der Waals surface area contributed by atoms with Gasteiger partial charge in [-0.05, 0) is 54.0 Å². The Morgan fingerprint density at radius 1 is 1.03 bits per heavy atom. The summed E-state index contributed by atoms with van der Waals surface area (Å²) in [5.74, 6) is -3.94. The lowest BCUT2D eigenvalue weighted by molar-refractivity contribution is -0.165. The van der Waals surface area contributed by atoms with Gasteiger partial charge in [0.15, 0.2) is 5.41 Å². The zero-order valence-electron chi connectivity index (χ0n) is 20.4. The van der Waals surface area contributed by atoms with E-state index in [1.54, 1.807) is 38.1 Å². The molecule has 0 aromatic heterocycles. The smallest absolute Gasteiger partial charge is 0.326 e. The van der Waals surface area contributed by atoms with Crippen LogP contribution in [0.3, 0.4) is 0 Å². The van der Waals surface area contributed by atoms with Gasteiger partial charge in [-0.15, -0.1) is 0 Å². The fourth-order valence-electron chi connectivity index (χ4n) is 4.82. The molecule has 37 heavy (non-hydrogen) atoms. The van der Waals surface area contributed by atoms with Crippen molar-refractivity contribution < 1.29 is 29.4 Å². The molecule has 2 aromatic carbocycles. The molecule has 0 radical (unpaired) electrons. The molecular formula is C26H27Cl3N2O6. The summed E-state index contributed by atoms with van der Waals surface area (Å²) in [4.78, 5) is 50.1. The minimum atomic E-state index is -1.72. The van der Waals surface area contributed by atoms with Crippen molar-refractivity contribution in [3.8, 4) is 0 Å². The second-order valence-electron chi connectivity index (χ2n) is 9.84. The van der Waals surface area contributed by atoms with E-state index in [1.807, 2.05) is 6.92 Å². The highest BCUT2D eigenvalue weighted by Gasteiger charge is 2.63. The third-order valence-corrected chi connectivity index (χ3v) is 8.34. The minimum absolute atomic E-state index is 0.0296. The van der Waals surface area contributed by atoms with Crippen molar-refractivity contribution in [2.75, 3.05) is 5.32 Å². The molecule has 2 unspecified atom stereocenters. The first-order chi connectivity index (χ1) is 17.2. The lowest BCUT2D eigenvalue weighted by Crippen LogP contribution is -2.57. The second-order valence-corrected chi connectivity index (χ2v) is 11.1. The number of carbonyl (C=O) groups excluding carboxylic acids is 2. The summed E-state index contributed by atoms with van der Waals surface area (Å²) < 4.78 is 0. The molecule has 3 atom stereocenters. The number of aliphatic carboxylic acids is 2. The topological polar surface area (TPSA) is 133 Å². The van der Waals surface area contributed by atoms with E-state index in [9.17, 15) is 29.4 Å². The predicted molar refractivity (Wildman–Crippen MR) is 141 cm³/mol. The van der Waals surface area contributed by atoms with Gasteiger partial charge in [0.1, 0.15) is 6.04 Å². The monoisotopic (exact) mass is 568 g/mol. The Morgan fingerprint density at radius 2 is 1.59 bits per heavy atom. The summed E-state index contributed by atoms with van der Waals surface area (Å²) in [7, 11) is 0. The fraction of sp³-hybridized carbons (Fsp3) is 0.385. The molecule has 0 aliphatic heterocycles. The predicted octanol–water partition coefficient (Wildman–Crippen LogP) is 5.54. The third kappa shape index (κ3) is 5.56. The molecule has 2 amide bonds. The largest absolute Gasteiger partial charge is 0.480 e. The number of hydrogen-bond donors (Lipinski definition) is 4. The van der Waals surface area contributed by atoms with Gasteiger partial charge < -0.3 is 20.8 Å². The summed E-state index contributed by atoms with van der Waals surface area (Å²) >= 11 is 18.1. The van der Waals surface area contributed by atoms with Crippen LogP contribution >= 0.6 is 34.8 Å². The Labute approximate surface area is 229 Å². The molecule has 0 bridgehead atoms. The molecule has 1 fully saturated rings. The first kappa shape index (κ1) is 28.8. The zero-order chi connectivity index (χ0) is 27.7. The second kappa shape index (κ2) is 10.9. The SMILES string of the molecule is CC1CCC(C(=O)O)(C(=O)N[C@@H](Cc2ccc(NC(=O)c3c(Cl)cc(Cl)cc3Cl)cc2)C(=O)O)C1(C)C. The number of hydrogen-bond acceptors (Lipinski definition) is 4. The lowest BCUT2D eigenvalue weighted by atomic mass is 9.64. The summed E-state index contributed by atoms with van der Waals surface area (Å²) in [6, 6.07) is 7.76. The van der Waals surface area contributed by atoms with Crippen LogP contribution in [0.2, 0.25) is 15.1 Å². The van der Waals surface area contributed by atoms with Crippen LogP contribution in [0.4, 0.5) is 5.69 Å². The minimum Gasteiger partial charge on any atom is -0.480 e. The average molecular weight is 570 g/mol. The quantitative estimate of drug-likeness (QED) is 0.309. The fourth-order valence-corrected chi connectivity index (χ4v) is 5.81. The van der Waals surface area contributed by atoms with Crippen molar-refractivity contribution in [3.05, 3.63) is 62.6 Å². The molecule has 1 aliphatic carbocycles. The average Bonchev–Trinajstić information content (AvgIpc) is 3.03. The Morgan fingerprint density at radius 3 is 2.05 bits per heavy atom. The van der Waals surface area contributed by atoms with Crippen molar-refractivity contribution in [1.82, 2.24) is 5.32 Å². The molecule has 198 valence electrons. The van der Waals surface area contributed by atoms with E-state index in [-0.39, 0.29) is 39.4 Å². The van der Waals surface area contributed by atoms with Crippen LogP contribution in [0, 0.1) is 16.7 Å². The molecule has 4 N–H and O–H groups in total. The maximum absolute atomic E-state index is 13.2. The lowest BCUT2D eigenvalue weighted by Gasteiger charge is -2.39. The summed E-state index contributed by atoms with van der Waals surface area (Å²) in [6.45, 7) is 5.35. The van der Waals surface area contributed by atoms with Gasteiger partial charge in [0.05, 0.1) is 15.6 Å². The number of carboxylic acid groups (broad SMARTS) is 2. The first-order valence-electron chi connectivity index (χ1n) is 11.5. The highest BCUT2D eigenvalue weighted by atomic mass is 35.5. The van der Waals surface area contributed by atoms with Crippen LogP contribution in [0.15, 0.2) is 36.4 Å². The normalized spacial score (nSPS) is 21.2. The molecular weight excluding hydrogens is 543 g/mol. The van der Waals surface area contributed by atoms with Crippen molar-refractivity contribution in [2.24, 2.45) is 16.7 Å². The highest BCUT2D eigenvalue weighted by molar-refractivity contribution is 6.42. The molecule has 0 heterocycles. The Kier molecular flexibility index (Phi) is 8.47. The van der Waals surface area contributed by atoms with Crippen molar-refractivity contribution in [1.29, 1.82) is 0 Å². The van der Waals surface area contributed by atoms with Crippen LogP contribution < -0.4 is 10.6 Å². The molecule has 1 aliphatic rings. The van der Waals surface area contributed by atoms with Crippen LogP contribution in [0.25, 0.3) is 0 Å². The summed E-state index contributed by atoms with van der Waals surface area (Å²) in [6.07, 6.45) is 0.588. The Balaban J connectivity index is 1.74. The van der Waals surface area contributed by atoms with E-state index in [2.05, 4.69) is 10.6 Å². The molecule has 8 nitrogen and oxygen atoms in total. The van der Waals surface area contributed by atoms with E-state index >= 15 is 0 Å². The summed E-state index contributed by atoms with van der Waals surface area (Å²) in [5, 5.41) is 25.3. The Bertz CT molecular complexity index is 1220. The van der Waals surface area contributed by atoms with E-state index < -0.39 is 40.6 Å². The standard InChI is InChI=1S/C26H27Cl3N2O6/c1-13-8-9-26(24(36)37,25(13,2)3)23(35)31-19(22(33)34)10-14-4-6-16(7-5-14)30-21(32)20-17(28)11-15(27)12-18(20)29/h4-7,11-13,19H,8-10H2,1-3H3,(H,30,32)(H,31,35)(H,33,34)(H,36,37)/t13?,19-,26?/m0/s1. The van der Waals surface area contributed by atoms with E-state index in [4.69, 9.17) is 34.8 Å². The maximum atomic E-state index is 13.2. The van der Waals surface area contributed by atoms with E-state index in [0.29, 0.717) is 17.7 Å². The molecule has 3 rings (SSSR count). The van der Waals surface area contributed by atoms with Crippen molar-refractivity contribution in [3.63, 3.8) is 0 Å². The number of anilines is 1. The number of amides is 2. The number of benzene rings is 2. The Hall–Kier alpha value is -2.81. The van der Waals surface area contributed by atoms with Gasteiger partial charge in [0.25, 0.3) is 5.91 Å². The molecule has 11 heteroatoms. The van der Waals surface area contributed by atoms with Gasteiger partial charge >= 0.3 is 11.9 Å². The van der Waals surface area contributed by atoms with Crippen LogP contribution in [0.1, 0.15) is 49.5 Å². The number of nitrogens with one attached hydrogen (secondary N) is 2. The third-order valence-electron chi connectivity index (χ3n) is 7.53. The number of carboxylic acids is 2.